The molecule has 0 saturated carbocycles. The summed E-state index contributed by atoms with van der Waals surface area (Å²) in [5.74, 6) is -0.169. The standard InChI is InChI=1S/C12H16N4O2S/c1-3-4-5-6-10-14-15-12(19-10)13-11(17)9-7-8(2)16-18-9/h7H,3-6H2,1-2H3,(H,13,15,17). The predicted molar refractivity (Wildman–Crippen MR) is 72.3 cm³/mol. The van der Waals surface area contributed by atoms with E-state index in [0.29, 0.717) is 10.8 Å². The van der Waals surface area contributed by atoms with Gasteiger partial charge in [-0.2, -0.15) is 0 Å². The van der Waals surface area contributed by atoms with Gasteiger partial charge in [-0.25, -0.2) is 0 Å². The molecule has 7 heteroatoms. The zero-order valence-electron chi connectivity index (χ0n) is 11.0. The van der Waals surface area contributed by atoms with Crippen LogP contribution in [0.3, 0.4) is 0 Å². The van der Waals surface area contributed by atoms with Crippen LogP contribution < -0.4 is 5.32 Å². The van der Waals surface area contributed by atoms with Crippen LogP contribution in [0.15, 0.2) is 10.6 Å². The number of nitrogens with one attached hydrogen (secondary N) is 1. The first-order valence-electron chi connectivity index (χ1n) is 6.26. The van der Waals surface area contributed by atoms with E-state index in [0.717, 1.165) is 17.8 Å². The lowest BCUT2D eigenvalue weighted by atomic mass is 10.2. The maximum absolute atomic E-state index is 11.8. The molecule has 0 aliphatic heterocycles. The molecule has 2 rings (SSSR count). The minimum atomic E-state index is -0.350. The Kier molecular flexibility index (Phi) is 4.62. The summed E-state index contributed by atoms with van der Waals surface area (Å²) in [5.41, 5.74) is 0.669. The number of anilines is 1. The van der Waals surface area contributed by atoms with Crippen LogP contribution in [0.1, 0.15) is 47.4 Å². The molecule has 0 radical (unpaired) electrons. The Morgan fingerprint density at radius 2 is 2.26 bits per heavy atom. The van der Waals surface area contributed by atoms with Crippen molar-refractivity contribution < 1.29 is 9.32 Å². The molecule has 0 aromatic carbocycles. The molecule has 0 atom stereocenters. The minimum absolute atomic E-state index is 0.181. The van der Waals surface area contributed by atoms with E-state index in [-0.39, 0.29) is 11.7 Å². The Morgan fingerprint density at radius 3 is 2.95 bits per heavy atom. The van der Waals surface area contributed by atoms with E-state index in [1.807, 2.05) is 0 Å². The normalized spacial score (nSPS) is 10.6. The maximum Gasteiger partial charge on any atom is 0.296 e. The van der Waals surface area contributed by atoms with Crippen molar-refractivity contribution in [2.45, 2.75) is 39.5 Å². The smallest absolute Gasteiger partial charge is 0.296 e. The van der Waals surface area contributed by atoms with Crippen molar-refractivity contribution in [3.63, 3.8) is 0 Å². The van der Waals surface area contributed by atoms with Crippen LogP contribution in [-0.2, 0) is 6.42 Å². The molecule has 0 spiro atoms. The van der Waals surface area contributed by atoms with Gasteiger partial charge in [0.2, 0.25) is 10.9 Å². The van der Waals surface area contributed by atoms with Crippen LogP contribution in [0.5, 0.6) is 0 Å². The third-order valence-electron chi connectivity index (χ3n) is 2.53. The summed E-state index contributed by atoms with van der Waals surface area (Å²) in [7, 11) is 0. The summed E-state index contributed by atoms with van der Waals surface area (Å²) in [6.45, 7) is 3.92. The van der Waals surface area contributed by atoms with Crippen molar-refractivity contribution >= 4 is 22.4 Å². The van der Waals surface area contributed by atoms with E-state index in [9.17, 15) is 4.79 Å². The van der Waals surface area contributed by atoms with Crippen molar-refractivity contribution in [3.8, 4) is 0 Å². The molecular formula is C12H16N4O2S. The highest BCUT2D eigenvalue weighted by Gasteiger charge is 2.14. The van der Waals surface area contributed by atoms with Gasteiger partial charge in [-0.3, -0.25) is 10.1 Å². The van der Waals surface area contributed by atoms with Crippen LogP contribution in [0, 0.1) is 6.92 Å². The Morgan fingerprint density at radius 1 is 1.42 bits per heavy atom. The van der Waals surface area contributed by atoms with Gasteiger partial charge in [0, 0.05) is 12.5 Å². The van der Waals surface area contributed by atoms with Gasteiger partial charge < -0.3 is 4.52 Å². The number of nitrogens with zero attached hydrogens (tertiary/aromatic N) is 3. The lowest BCUT2D eigenvalue weighted by Gasteiger charge is -1.95. The fourth-order valence-electron chi connectivity index (χ4n) is 1.56. The minimum Gasteiger partial charge on any atom is -0.351 e. The zero-order chi connectivity index (χ0) is 13.7. The van der Waals surface area contributed by atoms with E-state index in [1.54, 1.807) is 13.0 Å². The summed E-state index contributed by atoms with van der Waals surface area (Å²) in [6, 6.07) is 1.58. The van der Waals surface area contributed by atoms with Gasteiger partial charge in [-0.05, 0) is 13.3 Å². The van der Waals surface area contributed by atoms with Crippen molar-refractivity contribution in [2.75, 3.05) is 5.32 Å². The second-order valence-corrected chi connectivity index (χ2v) is 5.31. The van der Waals surface area contributed by atoms with Crippen LogP contribution in [0.25, 0.3) is 0 Å². The fourth-order valence-corrected chi connectivity index (χ4v) is 2.34. The molecule has 0 unspecified atom stereocenters. The van der Waals surface area contributed by atoms with Crippen LogP contribution in [0.2, 0.25) is 0 Å². The SMILES string of the molecule is CCCCCc1nnc(NC(=O)c2cc(C)no2)s1. The molecule has 0 aliphatic carbocycles. The number of carbonyl (C=O) groups excluding carboxylic acids is 1. The number of hydrogen-bond acceptors (Lipinski definition) is 6. The number of amides is 1. The van der Waals surface area contributed by atoms with E-state index in [1.165, 1.54) is 24.2 Å². The summed E-state index contributed by atoms with van der Waals surface area (Å²) >= 11 is 1.40. The lowest BCUT2D eigenvalue weighted by Crippen LogP contribution is -2.10. The number of hydrogen-bond donors (Lipinski definition) is 1. The molecule has 2 aromatic rings. The molecule has 0 bridgehead atoms. The van der Waals surface area contributed by atoms with Crippen molar-refractivity contribution in [1.82, 2.24) is 15.4 Å². The van der Waals surface area contributed by atoms with E-state index < -0.39 is 0 Å². The van der Waals surface area contributed by atoms with Crippen LogP contribution in [0.4, 0.5) is 5.13 Å². The fraction of sp³-hybridized carbons (Fsp3) is 0.500. The predicted octanol–water partition coefficient (Wildman–Crippen LogP) is 2.82. The quantitative estimate of drug-likeness (QED) is 0.823. The van der Waals surface area contributed by atoms with Gasteiger partial charge in [0.15, 0.2) is 0 Å². The molecule has 1 amide bonds. The molecule has 19 heavy (non-hydrogen) atoms. The monoisotopic (exact) mass is 280 g/mol. The third-order valence-corrected chi connectivity index (χ3v) is 3.43. The average Bonchev–Trinajstić information content (AvgIpc) is 2.99. The van der Waals surface area contributed by atoms with Crippen molar-refractivity contribution in [1.29, 1.82) is 0 Å². The Bertz CT molecular complexity index is 549. The highest BCUT2D eigenvalue weighted by molar-refractivity contribution is 7.15. The van der Waals surface area contributed by atoms with Gasteiger partial charge in [0.05, 0.1) is 5.69 Å². The number of aromatic nitrogens is 3. The lowest BCUT2D eigenvalue weighted by molar-refractivity contribution is 0.0988. The van der Waals surface area contributed by atoms with Gasteiger partial charge in [-0.15, -0.1) is 10.2 Å². The average molecular weight is 280 g/mol. The first kappa shape index (κ1) is 13.7. The Hall–Kier alpha value is -1.76. The summed E-state index contributed by atoms with van der Waals surface area (Å²) in [4.78, 5) is 11.8. The Labute approximate surface area is 115 Å². The molecule has 6 nitrogen and oxygen atoms in total. The topological polar surface area (TPSA) is 80.9 Å². The number of carbonyl (C=O) groups is 1. The van der Waals surface area contributed by atoms with E-state index in [4.69, 9.17) is 4.52 Å². The molecule has 2 aromatic heterocycles. The van der Waals surface area contributed by atoms with Crippen molar-refractivity contribution in [2.24, 2.45) is 0 Å². The Balaban J connectivity index is 1.90. The molecule has 102 valence electrons. The molecular weight excluding hydrogens is 264 g/mol. The zero-order valence-corrected chi connectivity index (χ0v) is 11.8. The first-order valence-corrected chi connectivity index (χ1v) is 7.07. The van der Waals surface area contributed by atoms with Gasteiger partial charge in [-0.1, -0.05) is 36.3 Å². The summed E-state index contributed by atoms with van der Waals surface area (Å²) in [6.07, 6.45) is 4.36. The summed E-state index contributed by atoms with van der Waals surface area (Å²) in [5, 5.41) is 15.7. The summed E-state index contributed by atoms with van der Waals surface area (Å²) < 4.78 is 4.88. The van der Waals surface area contributed by atoms with Crippen molar-refractivity contribution in [3.05, 3.63) is 22.5 Å². The van der Waals surface area contributed by atoms with Gasteiger partial charge >= 0.3 is 0 Å². The number of unbranched alkanes of at least 4 members (excludes halogenated alkanes) is 2. The maximum atomic E-state index is 11.8. The molecule has 2 heterocycles. The highest BCUT2D eigenvalue weighted by atomic mass is 32.1. The molecule has 1 N–H and O–H groups in total. The first-order chi connectivity index (χ1) is 9.19. The van der Waals surface area contributed by atoms with E-state index in [2.05, 4.69) is 27.6 Å². The second kappa shape index (κ2) is 6.42. The molecule has 0 fully saturated rings. The number of aryl methyl sites for hydroxylation is 2. The molecule has 0 saturated heterocycles. The van der Waals surface area contributed by atoms with Crippen LogP contribution >= 0.6 is 11.3 Å². The molecule has 0 aliphatic rings. The van der Waals surface area contributed by atoms with Crippen LogP contribution in [-0.4, -0.2) is 21.3 Å². The second-order valence-electron chi connectivity index (χ2n) is 4.24. The number of rotatable bonds is 6. The third kappa shape index (κ3) is 3.85. The van der Waals surface area contributed by atoms with Gasteiger partial charge in [0.1, 0.15) is 5.01 Å². The van der Waals surface area contributed by atoms with E-state index >= 15 is 0 Å². The largest absolute Gasteiger partial charge is 0.351 e. The van der Waals surface area contributed by atoms with Gasteiger partial charge in [0.25, 0.3) is 5.91 Å². The highest BCUT2D eigenvalue weighted by Crippen LogP contribution is 2.18.